The van der Waals surface area contributed by atoms with Crippen molar-refractivity contribution in [3.63, 3.8) is 0 Å². The smallest absolute Gasteiger partial charge is 0.339 e. The van der Waals surface area contributed by atoms with Crippen molar-refractivity contribution >= 4 is 16.9 Å². The number of carbonyl (C=O) groups excluding carboxylic acids is 1. The predicted molar refractivity (Wildman–Crippen MR) is 110 cm³/mol. The van der Waals surface area contributed by atoms with Gasteiger partial charge in [-0.1, -0.05) is 12.8 Å². The molecule has 1 saturated carbocycles. The fourth-order valence-electron chi connectivity index (χ4n) is 4.83. The number of aryl methyl sites for hydroxylation is 2. The summed E-state index contributed by atoms with van der Waals surface area (Å²) in [6.07, 6.45) is 4.64. The molecule has 1 aromatic heterocycles. The lowest BCUT2D eigenvalue weighted by atomic mass is 9.71. The summed E-state index contributed by atoms with van der Waals surface area (Å²) in [5.41, 5.74) is 1.78. The number of likely N-dealkylation sites (tertiary alicyclic amines) is 1. The summed E-state index contributed by atoms with van der Waals surface area (Å²) in [5.74, 6) is 0.649. The molecule has 6 heteroatoms. The Hall–Kier alpha value is -2.34. The van der Waals surface area contributed by atoms with Crippen LogP contribution in [0.4, 0.5) is 0 Å². The van der Waals surface area contributed by atoms with Gasteiger partial charge in [-0.15, -0.1) is 0 Å². The maximum Gasteiger partial charge on any atom is 0.339 e. The lowest BCUT2D eigenvalue weighted by molar-refractivity contribution is -0.145. The number of aliphatic hydroxyl groups is 1. The second kappa shape index (κ2) is 7.48. The van der Waals surface area contributed by atoms with Crippen molar-refractivity contribution in [2.75, 3.05) is 19.7 Å². The molecule has 29 heavy (non-hydrogen) atoms. The van der Waals surface area contributed by atoms with Crippen molar-refractivity contribution in [1.29, 1.82) is 0 Å². The average molecular weight is 399 g/mol. The highest BCUT2D eigenvalue weighted by Gasteiger charge is 2.43. The fourth-order valence-corrected chi connectivity index (χ4v) is 4.83. The van der Waals surface area contributed by atoms with Crippen molar-refractivity contribution in [3.8, 4) is 5.75 Å². The zero-order valence-corrected chi connectivity index (χ0v) is 17.4. The van der Waals surface area contributed by atoms with E-state index in [1.807, 2.05) is 30.9 Å². The van der Waals surface area contributed by atoms with Gasteiger partial charge in [0, 0.05) is 24.6 Å². The number of nitrogens with zero attached hydrogens (tertiary/aromatic N) is 1. The SMILES string of the molecule is Cc1cc(OCC(=O)N2CC[C@@]3(O)CCCC[C@@H]3C2)c2c(C)c(C)c(=O)oc2c1. The van der Waals surface area contributed by atoms with Crippen LogP contribution in [-0.4, -0.2) is 41.2 Å². The number of fused-ring (bicyclic) bond motifs is 2. The van der Waals surface area contributed by atoms with E-state index in [9.17, 15) is 14.7 Å². The molecule has 1 aromatic carbocycles. The van der Waals surface area contributed by atoms with E-state index in [0.717, 1.165) is 42.2 Å². The van der Waals surface area contributed by atoms with Crippen LogP contribution in [0.3, 0.4) is 0 Å². The molecule has 2 heterocycles. The molecule has 6 nitrogen and oxygen atoms in total. The number of rotatable bonds is 3. The number of hydrogen-bond donors (Lipinski definition) is 1. The highest BCUT2D eigenvalue weighted by atomic mass is 16.5. The minimum atomic E-state index is -0.602. The number of ether oxygens (including phenoxy) is 1. The van der Waals surface area contributed by atoms with Gasteiger partial charge in [0.05, 0.1) is 11.0 Å². The van der Waals surface area contributed by atoms with Gasteiger partial charge in [-0.05, 0) is 63.3 Å². The van der Waals surface area contributed by atoms with Crippen LogP contribution >= 0.6 is 0 Å². The van der Waals surface area contributed by atoms with Crippen LogP contribution in [0.25, 0.3) is 11.0 Å². The second-order valence-corrected chi connectivity index (χ2v) is 8.70. The van der Waals surface area contributed by atoms with Crippen LogP contribution in [0.15, 0.2) is 21.3 Å². The molecule has 1 aliphatic carbocycles. The molecule has 2 aliphatic rings. The van der Waals surface area contributed by atoms with Crippen molar-refractivity contribution in [3.05, 3.63) is 39.2 Å². The Bertz CT molecular complexity index is 1010. The van der Waals surface area contributed by atoms with E-state index in [0.29, 0.717) is 36.4 Å². The molecule has 4 rings (SSSR count). The molecule has 2 aromatic rings. The molecule has 2 fully saturated rings. The monoisotopic (exact) mass is 399 g/mol. The first-order valence-electron chi connectivity index (χ1n) is 10.5. The van der Waals surface area contributed by atoms with Crippen molar-refractivity contribution < 1.29 is 19.1 Å². The topological polar surface area (TPSA) is 80.0 Å². The first-order valence-corrected chi connectivity index (χ1v) is 10.5. The van der Waals surface area contributed by atoms with Crippen molar-refractivity contribution in [1.82, 2.24) is 4.90 Å². The Balaban J connectivity index is 1.52. The molecule has 1 saturated heterocycles. The van der Waals surface area contributed by atoms with E-state index < -0.39 is 5.60 Å². The zero-order chi connectivity index (χ0) is 20.8. The molecule has 0 unspecified atom stereocenters. The zero-order valence-electron chi connectivity index (χ0n) is 17.4. The quantitative estimate of drug-likeness (QED) is 0.802. The first-order chi connectivity index (χ1) is 13.8. The van der Waals surface area contributed by atoms with Gasteiger partial charge in [-0.3, -0.25) is 4.79 Å². The van der Waals surface area contributed by atoms with Crippen LogP contribution in [-0.2, 0) is 4.79 Å². The predicted octanol–water partition coefficient (Wildman–Crippen LogP) is 3.25. The van der Waals surface area contributed by atoms with Crippen LogP contribution in [0.2, 0.25) is 0 Å². The molecule has 1 aliphatic heterocycles. The normalized spacial score (nSPS) is 24.4. The van der Waals surface area contributed by atoms with Gasteiger partial charge in [-0.25, -0.2) is 4.79 Å². The molecule has 2 atom stereocenters. The lowest BCUT2D eigenvalue weighted by Gasteiger charge is -2.47. The number of amides is 1. The second-order valence-electron chi connectivity index (χ2n) is 8.70. The van der Waals surface area contributed by atoms with Gasteiger partial charge < -0.3 is 19.2 Å². The molecule has 0 bridgehead atoms. The third-order valence-electron chi connectivity index (χ3n) is 6.79. The van der Waals surface area contributed by atoms with E-state index in [1.54, 1.807) is 6.92 Å². The summed E-state index contributed by atoms with van der Waals surface area (Å²) in [5, 5.41) is 11.6. The van der Waals surface area contributed by atoms with E-state index in [4.69, 9.17) is 9.15 Å². The maximum atomic E-state index is 12.8. The molecule has 1 N–H and O–H groups in total. The third kappa shape index (κ3) is 3.66. The Labute approximate surface area is 170 Å². The van der Waals surface area contributed by atoms with Gasteiger partial charge >= 0.3 is 5.63 Å². The van der Waals surface area contributed by atoms with E-state index in [-0.39, 0.29) is 24.1 Å². The number of carbonyl (C=O) groups is 1. The Morgan fingerprint density at radius 2 is 2.03 bits per heavy atom. The fraction of sp³-hybridized carbons (Fsp3) is 0.565. The summed E-state index contributed by atoms with van der Waals surface area (Å²) < 4.78 is 11.4. The maximum absolute atomic E-state index is 12.8. The minimum absolute atomic E-state index is 0.0681. The number of hydrogen-bond acceptors (Lipinski definition) is 5. The Morgan fingerprint density at radius 3 is 2.83 bits per heavy atom. The van der Waals surface area contributed by atoms with Gasteiger partial charge in [0.15, 0.2) is 6.61 Å². The number of piperidine rings is 1. The van der Waals surface area contributed by atoms with Gasteiger partial charge in [0.25, 0.3) is 5.91 Å². The summed E-state index contributed by atoms with van der Waals surface area (Å²) >= 11 is 0. The first kappa shape index (κ1) is 20.0. The van der Waals surface area contributed by atoms with Crippen LogP contribution in [0.5, 0.6) is 5.75 Å². The molecular weight excluding hydrogens is 370 g/mol. The molecule has 1 amide bonds. The van der Waals surface area contributed by atoms with Crippen LogP contribution in [0.1, 0.15) is 48.8 Å². The lowest BCUT2D eigenvalue weighted by Crippen LogP contribution is -2.55. The molecular formula is C23H29NO5. The average Bonchev–Trinajstić information content (AvgIpc) is 2.69. The third-order valence-corrected chi connectivity index (χ3v) is 6.79. The molecule has 0 spiro atoms. The van der Waals surface area contributed by atoms with Crippen molar-refractivity contribution in [2.24, 2.45) is 5.92 Å². The Morgan fingerprint density at radius 1 is 1.24 bits per heavy atom. The van der Waals surface area contributed by atoms with Crippen molar-refractivity contribution in [2.45, 2.75) is 58.5 Å². The summed E-state index contributed by atoms with van der Waals surface area (Å²) in [6, 6.07) is 3.69. The van der Waals surface area contributed by atoms with Crippen LogP contribution < -0.4 is 10.4 Å². The number of benzene rings is 1. The van der Waals surface area contributed by atoms with E-state index in [1.165, 1.54) is 0 Å². The largest absolute Gasteiger partial charge is 0.483 e. The highest BCUT2D eigenvalue weighted by molar-refractivity contribution is 5.88. The van der Waals surface area contributed by atoms with Gasteiger partial charge in [0.1, 0.15) is 11.3 Å². The van der Waals surface area contributed by atoms with E-state index in [2.05, 4.69) is 0 Å². The Kier molecular flexibility index (Phi) is 5.15. The summed E-state index contributed by atoms with van der Waals surface area (Å²) in [4.78, 5) is 26.6. The van der Waals surface area contributed by atoms with E-state index >= 15 is 0 Å². The summed E-state index contributed by atoms with van der Waals surface area (Å²) in [7, 11) is 0. The summed E-state index contributed by atoms with van der Waals surface area (Å²) in [6.45, 7) is 6.60. The standard InChI is InChI=1S/C23H29NO5/c1-14-10-18(21-15(2)16(3)22(26)29-19(21)11-14)28-13-20(25)24-9-8-23(27)7-5-4-6-17(23)12-24/h10-11,17,27H,4-9,12-13H2,1-3H3/t17-,23+/m1/s1. The molecule has 0 radical (unpaired) electrons. The minimum Gasteiger partial charge on any atom is -0.483 e. The van der Waals surface area contributed by atoms with Gasteiger partial charge in [-0.2, -0.15) is 0 Å². The molecule has 156 valence electrons. The highest BCUT2D eigenvalue weighted by Crippen LogP contribution is 2.39. The van der Waals surface area contributed by atoms with Crippen LogP contribution in [0, 0.1) is 26.7 Å². The van der Waals surface area contributed by atoms with Gasteiger partial charge in [0.2, 0.25) is 0 Å².